The summed E-state index contributed by atoms with van der Waals surface area (Å²) in [6.45, 7) is -0.0255. The van der Waals surface area contributed by atoms with Crippen molar-refractivity contribution >= 4 is 12.4 Å². The van der Waals surface area contributed by atoms with Gasteiger partial charge in [-0.05, 0) is 12.1 Å². The van der Waals surface area contributed by atoms with Crippen LogP contribution in [0.4, 0.5) is 17.6 Å². The Labute approximate surface area is 96.0 Å². The maximum Gasteiger partial charge on any atom is 0.416 e. The third-order valence-corrected chi connectivity index (χ3v) is 1.98. The van der Waals surface area contributed by atoms with E-state index in [0.717, 1.165) is 12.1 Å². The highest BCUT2D eigenvalue weighted by atomic mass is 35.5. The average molecular weight is 259 g/mol. The quantitative estimate of drug-likeness (QED) is 0.799. The third-order valence-electron chi connectivity index (χ3n) is 1.98. The molecule has 0 aromatic heterocycles. The molecule has 0 fully saturated rings. The van der Waals surface area contributed by atoms with E-state index in [1.165, 1.54) is 0 Å². The van der Waals surface area contributed by atoms with Crippen LogP contribution in [0.3, 0.4) is 0 Å². The molecule has 7 heteroatoms. The number of nitrogens with two attached hydrogens (primary N) is 2. The van der Waals surface area contributed by atoms with E-state index in [2.05, 4.69) is 0 Å². The Morgan fingerprint density at radius 3 is 2.19 bits per heavy atom. The van der Waals surface area contributed by atoms with Gasteiger partial charge in [-0.2, -0.15) is 13.2 Å². The second kappa shape index (κ2) is 5.47. The SMILES string of the molecule is Cl.NC[C@H](N)c1ccc(C(F)(F)F)cc1F. The Morgan fingerprint density at radius 1 is 1.25 bits per heavy atom. The van der Waals surface area contributed by atoms with E-state index < -0.39 is 23.6 Å². The summed E-state index contributed by atoms with van der Waals surface area (Å²) in [5, 5.41) is 0. The molecule has 0 heterocycles. The summed E-state index contributed by atoms with van der Waals surface area (Å²) in [6.07, 6.45) is -4.55. The normalized spacial score (nSPS) is 13.1. The Kier molecular flexibility index (Phi) is 5.18. The molecule has 1 aromatic rings. The van der Waals surface area contributed by atoms with Crippen molar-refractivity contribution < 1.29 is 17.6 Å². The van der Waals surface area contributed by atoms with Gasteiger partial charge in [0.05, 0.1) is 5.56 Å². The summed E-state index contributed by atoms with van der Waals surface area (Å²) in [5.41, 5.74) is 9.55. The predicted molar refractivity (Wildman–Crippen MR) is 54.6 cm³/mol. The van der Waals surface area contributed by atoms with Crippen LogP contribution >= 0.6 is 12.4 Å². The second-order valence-electron chi connectivity index (χ2n) is 3.08. The molecule has 0 radical (unpaired) electrons. The molecule has 0 aliphatic rings. The molecule has 0 saturated heterocycles. The van der Waals surface area contributed by atoms with Crippen molar-refractivity contribution in [3.05, 3.63) is 35.1 Å². The van der Waals surface area contributed by atoms with Gasteiger partial charge in [-0.3, -0.25) is 0 Å². The van der Waals surface area contributed by atoms with Crippen LogP contribution in [0.2, 0.25) is 0 Å². The van der Waals surface area contributed by atoms with Crippen LogP contribution in [0.25, 0.3) is 0 Å². The number of halogens is 5. The fourth-order valence-corrected chi connectivity index (χ4v) is 1.13. The summed E-state index contributed by atoms with van der Waals surface area (Å²) >= 11 is 0. The predicted octanol–water partition coefficient (Wildman–Crippen LogP) is 2.22. The minimum absolute atomic E-state index is 0. The van der Waals surface area contributed by atoms with Gasteiger partial charge in [0, 0.05) is 18.2 Å². The molecule has 4 N–H and O–H groups in total. The second-order valence-corrected chi connectivity index (χ2v) is 3.08. The van der Waals surface area contributed by atoms with Crippen LogP contribution < -0.4 is 11.5 Å². The Balaban J connectivity index is 0.00000225. The van der Waals surface area contributed by atoms with Crippen molar-refractivity contribution in [1.29, 1.82) is 0 Å². The van der Waals surface area contributed by atoms with Crippen LogP contribution in [-0.2, 0) is 6.18 Å². The van der Waals surface area contributed by atoms with E-state index >= 15 is 0 Å². The van der Waals surface area contributed by atoms with E-state index in [4.69, 9.17) is 11.5 Å². The van der Waals surface area contributed by atoms with Crippen LogP contribution in [0, 0.1) is 5.82 Å². The van der Waals surface area contributed by atoms with Gasteiger partial charge in [-0.1, -0.05) is 6.07 Å². The van der Waals surface area contributed by atoms with Crippen molar-refractivity contribution in [1.82, 2.24) is 0 Å². The van der Waals surface area contributed by atoms with E-state index in [0.29, 0.717) is 6.07 Å². The van der Waals surface area contributed by atoms with Gasteiger partial charge in [-0.25, -0.2) is 4.39 Å². The summed E-state index contributed by atoms with van der Waals surface area (Å²) < 4.78 is 49.7. The Hall–Kier alpha value is -0.850. The highest BCUT2D eigenvalue weighted by molar-refractivity contribution is 5.85. The van der Waals surface area contributed by atoms with Gasteiger partial charge in [0.25, 0.3) is 0 Å². The molecule has 0 unspecified atom stereocenters. The van der Waals surface area contributed by atoms with Gasteiger partial charge >= 0.3 is 6.18 Å². The molecule has 0 amide bonds. The van der Waals surface area contributed by atoms with Gasteiger partial charge < -0.3 is 11.5 Å². The van der Waals surface area contributed by atoms with Crippen LogP contribution in [-0.4, -0.2) is 6.54 Å². The molecule has 92 valence electrons. The number of hydrogen-bond donors (Lipinski definition) is 2. The molecule has 2 nitrogen and oxygen atoms in total. The molecular formula is C9H11ClF4N2. The zero-order valence-electron chi connectivity index (χ0n) is 8.09. The molecule has 16 heavy (non-hydrogen) atoms. The summed E-state index contributed by atoms with van der Waals surface area (Å²) in [6, 6.07) is 1.43. The molecular weight excluding hydrogens is 248 g/mol. The zero-order valence-corrected chi connectivity index (χ0v) is 8.91. The number of alkyl halides is 3. The van der Waals surface area contributed by atoms with Crippen molar-refractivity contribution in [2.45, 2.75) is 12.2 Å². The Morgan fingerprint density at radius 2 is 1.81 bits per heavy atom. The fourth-order valence-electron chi connectivity index (χ4n) is 1.13. The Bertz CT molecular complexity index is 354. The third kappa shape index (κ3) is 3.33. The van der Waals surface area contributed by atoms with Crippen LogP contribution in [0.1, 0.15) is 17.2 Å². The number of rotatable bonds is 2. The average Bonchev–Trinajstić information content (AvgIpc) is 2.15. The topological polar surface area (TPSA) is 52.0 Å². The molecule has 1 rings (SSSR count). The number of hydrogen-bond acceptors (Lipinski definition) is 2. The fraction of sp³-hybridized carbons (Fsp3) is 0.333. The molecule has 0 aliphatic heterocycles. The molecule has 1 atom stereocenters. The lowest BCUT2D eigenvalue weighted by Crippen LogP contribution is -2.22. The first-order valence-corrected chi connectivity index (χ1v) is 4.18. The summed E-state index contributed by atoms with van der Waals surface area (Å²) in [4.78, 5) is 0. The lowest BCUT2D eigenvalue weighted by Gasteiger charge is -2.12. The molecule has 0 bridgehead atoms. The minimum atomic E-state index is -4.55. The highest BCUT2D eigenvalue weighted by Gasteiger charge is 2.31. The van der Waals surface area contributed by atoms with E-state index in [1.807, 2.05) is 0 Å². The molecule has 1 aromatic carbocycles. The standard InChI is InChI=1S/C9H10F4N2.ClH/c10-7-3-5(9(11,12)13)1-2-6(7)8(15)4-14;/h1-3,8H,4,14-15H2;1H/t8-;/m0./s1. The maximum atomic E-state index is 13.2. The van der Waals surface area contributed by atoms with Gasteiger partial charge in [0.1, 0.15) is 5.82 Å². The first kappa shape index (κ1) is 15.2. The van der Waals surface area contributed by atoms with Crippen molar-refractivity contribution in [2.75, 3.05) is 6.54 Å². The first-order chi connectivity index (χ1) is 6.86. The van der Waals surface area contributed by atoms with Gasteiger partial charge in [-0.15, -0.1) is 12.4 Å². The maximum absolute atomic E-state index is 13.2. The highest BCUT2D eigenvalue weighted by Crippen LogP contribution is 2.30. The minimum Gasteiger partial charge on any atom is -0.329 e. The van der Waals surface area contributed by atoms with Crippen molar-refractivity contribution in [3.63, 3.8) is 0 Å². The monoisotopic (exact) mass is 258 g/mol. The zero-order chi connectivity index (χ0) is 11.6. The van der Waals surface area contributed by atoms with E-state index in [-0.39, 0.29) is 24.5 Å². The van der Waals surface area contributed by atoms with Gasteiger partial charge in [0.15, 0.2) is 0 Å². The summed E-state index contributed by atoms with van der Waals surface area (Å²) in [5.74, 6) is -0.984. The smallest absolute Gasteiger partial charge is 0.329 e. The van der Waals surface area contributed by atoms with Crippen LogP contribution in [0.5, 0.6) is 0 Å². The molecule has 0 saturated carbocycles. The van der Waals surface area contributed by atoms with E-state index in [9.17, 15) is 17.6 Å². The largest absolute Gasteiger partial charge is 0.416 e. The number of benzene rings is 1. The first-order valence-electron chi connectivity index (χ1n) is 4.18. The van der Waals surface area contributed by atoms with E-state index in [1.54, 1.807) is 0 Å². The lowest BCUT2D eigenvalue weighted by atomic mass is 10.0. The molecule has 0 aliphatic carbocycles. The van der Waals surface area contributed by atoms with Crippen LogP contribution in [0.15, 0.2) is 18.2 Å². The van der Waals surface area contributed by atoms with Gasteiger partial charge in [0.2, 0.25) is 0 Å². The lowest BCUT2D eigenvalue weighted by molar-refractivity contribution is -0.137. The van der Waals surface area contributed by atoms with Crippen molar-refractivity contribution in [2.24, 2.45) is 11.5 Å². The summed E-state index contributed by atoms with van der Waals surface area (Å²) in [7, 11) is 0. The van der Waals surface area contributed by atoms with Crippen molar-refractivity contribution in [3.8, 4) is 0 Å². The molecule has 0 spiro atoms.